The Balaban J connectivity index is 1.62. The molecule has 1 heterocycles. The van der Waals surface area contributed by atoms with Crippen LogP contribution in [0.3, 0.4) is 0 Å². The van der Waals surface area contributed by atoms with Crippen LogP contribution in [0.15, 0.2) is 42.5 Å². The first kappa shape index (κ1) is 20.5. The maximum Gasteiger partial charge on any atom is 0.224 e. The summed E-state index contributed by atoms with van der Waals surface area (Å²) < 4.78 is 0. The van der Waals surface area contributed by atoms with E-state index >= 15 is 0 Å². The van der Waals surface area contributed by atoms with E-state index in [1.807, 2.05) is 32.3 Å². The van der Waals surface area contributed by atoms with E-state index in [-0.39, 0.29) is 5.91 Å². The number of nitrogens with zero attached hydrogens (tertiary/aromatic N) is 3. The second-order valence-corrected chi connectivity index (χ2v) is 8.00. The van der Waals surface area contributed by atoms with E-state index in [9.17, 15) is 4.79 Å². The summed E-state index contributed by atoms with van der Waals surface area (Å²) in [6, 6.07) is 14.1. The Kier molecular flexibility index (Phi) is 6.81. The summed E-state index contributed by atoms with van der Waals surface area (Å²) in [5, 5.41) is 3.70. The second-order valence-electron chi connectivity index (χ2n) is 7.56. The van der Waals surface area contributed by atoms with E-state index in [1.54, 1.807) is 0 Å². The van der Waals surface area contributed by atoms with Gasteiger partial charge in [0.15, 0.2) is 0 Å². The summed E-state index contributed by atoms with van der Waals surface area (Å²) >= 11 is 6.19. The Hall–Kier alpha value is -2.24. The molecule has 28 heavy (non-hydrogen) atoms. The van der Waals surface area contributed by atoms with Gasteiger partial charge in [-0.15, -0.1) is 0 Å². The third-order valence-electron chi connectivity index (χ3n) is 5.17. The number of nitrogens with one attached hydrogen (secondary N) is 1. The molecule has 0 bridgehead atoms. The largest absolute Gasteiger partial charge is 0.378 e. The lowest BCUT2D eigenvalue weighted by Gasteiger charge is -2.35. The minimum atomic E-state index is 0.00864. The molecule has 1 N–H and O–H groups in total. The Morgan fingerprint density at radius 1 is 1.07 bits per heavy atom. The van der Waals surface area contributed by atoms with E-state index in [0.29, 0.717) is 17.9 Å². The van der Waals surface area contributed by atoms with Crippen LogP contribution >= 0.6 is 11.6 Å². The van der Waals surface area contributed by atoms with Crippen LogP contribution in [0, 0.1) is 0 Å². The molecule has 2 aromatic rings. The van der Waals surface area contributed by atoms with Gasteiger partial charge in [0.05, 0.1) is 11.4 Å². The number of benzene rings is 2. The van der Waals surface area contributed by atoms with E-state index < -0.39 is 0 Å². The molecule has 1 amide bonds. The van der Waals surface area contributed by atoms with Crippen molar-refractivity contribution in [3.8, 4) is 0 Å². The van der Waals surface area contributed by atoms with Gasteiger partial charge in [0.1, 0.15) is 0 Å². The molecule has 1 fully saturated rings. The molecule has 6 heteroatoms. The number of carbonyl (C=O) groups is 1. The zero-order chi connectivity index (χ0) is 20.1. The molecular formula is C22H29ClN4O. The van der Waals surface area contributed by atoms with Gasteiger partial charge in [-0.2, -0.15) is 0 Å². The van der Waals surface area contributed by atoms with Gasteiger partial charge in [0.2, 0.25) is 5.91 Å². The van der Waals surface area contributed by atoms with E-state index in [2.05, 4.69) is 51.3 Å². The highest BCUT2D eigenvalue weighted by atomic mass is 35.5. The predicted octanol–water partition coefficient (Wildman–Crippen LogP) is 3.73. The van der Waals surface area contributed by atoms with Gasteiger partial charge < -0.3 is 20.0 Å². The molecule has 0 unspecified atom stereocenters. The van der Waals surface area contributed by atoms with Crippen molar-refractivity contribution in [1.82, 2.24) is 4.90 Å². The molecule has 0 saturated carbocycles. The summed E-state index contributed by atoms with van der Waals surface area (Å²) in [5.74, 6) is 0.00864. The molecule has 0 spiro atoms. The molecule has 1 aliphatic heterocycles. The maximum atomic E-state index is 12.6. The van der Waals surface area contributed by atoms with Crippen molar-refractivity contribution in [2.24, 2.45) is 0 Å². The van der Waals surface area contributed by atoms with Crippen LogP contribution in [0.25, 0.3) is 0 Å². The normalized spacial score (nSPS) is 14.8. The average Bonchev–Trinajstić information content (AvgIpc) is 2.68. The number of halogens is 1. The number of rotatable bonds is 6. The number of hydrogen-bond acceptors (Lipinski definition) is 4. The number of amides is 1. The van der Waals surface area contributed by atoms with Crippen molar-refractivity contribution in [1.29, 1.82) is 0 Å². The average molecular weight is 401 g/mol. The van der Waals surface area contributed by atoms with Crippen molar-refractivity contribution < 1.29 is 4.79 Å². The van der Waals surface area contributed by atoms with Crippen LogP contribution in [0.2, 0.25) is 5.02 Å². The zero-order valence-electron chi connectivity index (χ0n) is 16.9. The van der Waals surface area contributed by atoms with Crippen LogP contribution < -0.4 is 15.1 Å². The van der Waals surface area contributed by atoms with Crippen molar-refractivity contribution in [3.05, 3.63) is 53.1 Å². The minimum absolute atomic E-state index is 0.00864. The SMILES string of the molecule is CN1CCN(c2ccc(Cl)cc2NC(=O)CCc2ccc(N(C)C)cc2)CC1. The third-order valence-corrected chi connectivity index (χ3v) is 5.41. The van der Waals surface area contributed by atoms with Gasteiger partial charge in [-0.25, -0.2) is 0 Å². The molecule has 5 nitrogen and oxygen atoms in total. The molecule has 1 aliphatic rings. The predicted molar refractivity (Wildman–Crippen MR) is 119 cm³/mol. The Morgan fingerprint density at radius 2 is 1.75 bits per heavy atom. The number of carbonyl (C=O) groups excluding carboxylic acids is 1. The molecule has 1 saturated heterocycles. The number of hydrogen-bond donors (Lipinski definition) is 1. The zero-order valence-corrected chi connectivity index (χ0v) is 17.7. The molecule has 150 valence electrons. The van der Waals surface area contributed by atoms with Crippen molar-refractivity contribution in [2.45, 2.75) is 12.8 Å². The first-order valence-electron chi connectivity index (χ1n) is 9.71. The fraction of sp³-hybridized carbons (Fsp3) is 0.409. The second kappa shape index (κ2) is 9.30. The highest BCUT2D eigenvalue weighted by molar-refractivity contribution is 6.31. The summed E-state index contributed by atoms with van der Waals surface area (Å²) in [6.45, 7) is 3.91. The Bertz CT molecular complexity index is 799. The Morgan fingerprint density at radius 3 is 2.39 bits per heavy atom. The summed E-state index contributed by atoms with van der Waals surface area (Å²) in [4.78, 5) is 19.3. The van der Waals surface area contributed by atoms with Gasteiger partial charge in [-0.3, -0.25) is 4.79 Å². The van der Waals surface area contributed by atoms with Crippen molar-refractivity contribution in [3.63, 3.8) is 0 Å². The lowest BCUT2D eigenvalue weighted by Crippen LogP contribution is -2.44. The van der Waals surface area contributed by atoms with E-state index in [4.69, 9.17) is 11.6 Å². The van der Waals surface area contributed by atoms with Crippen molar-refractivity contribution in [2.75, 3.05) is 62.4 Å². The summed E-state index contributed by atoms with van der Waals surface area (Å²) in [7, 11) is 6.17. The minimum Gasteiger partial charge on any atom is -0.378 e. The van der Waals surface area contributed by atoms with Crippen molar-refractivity contribution >= 4 is 34.6 Å². The fourth-order valence-corrected chi connectivity index (χ4v) is 3.53. The van der Waals surface area contributed by atoms with Crippen LogP contribution in [-0.2, 0) is 11.2 Å². The number of aryl methyl sites for hydroxylation is 1. The van der Waals surface area contributed by atoms with Gasteiger partial charge >= 0.3 is 0 Å². The summed E-state index contributed by atoms with van der Waals surface area (Å²) in [5.41, 5.74) is 4.15. The molecule has 0 atom stereocenters. The Labute approximate surface area is 172 Å². The van der Waals surface area contributed by atoms with Crippen LogP contribution in [-0.4, -0.2) is 58.1 Å². The lowest BCUT2D eigenvalue weighted by atomic mass is 10.1. The van der Waals surface area contributed by atoms with Crippen LogP contribution in [0.5, 0.6) is 0 Å². The van der Waals surface area contributed by atoms with Gasteiger partial charge in [0.25, 0.3) is 0 Å². The maximum absolute atomic E-state index is 12.6. The van der Waals surface area contributed by atoms with E-state index in [1.165, 1.54) is 0 Å². The molecule has 3 rings (SSSR count). The monoisotopic (exact) mass is 400 g/mol. The topological polar surface area (TPSA) is 38.8 Å². The quantitative estimate of drug-likeness (QED) is 0.801. The van der Waals surface area contributed by atoms with Gasteiger partial charge in [0, 0.05) is 57.4 Å². The van der Waals surface area contributed by atoms with Gasteiger partial charge in [-0.05, 0) is 49.4 Å². The molecule has 2 aromatic carbocycles. The molecule has 0 aromatic heterocycles. The smallest absolute Gasteiger partial charge is 0.224 e. The highest BCUT2D eigenvalue weighted by Gasteiger charge is 2.18. The fourth-order valence-electron chi connectivity index (χ4n) is 3.36. The lowest BCUT2D eigenvalue weighted by molar-refractivity contribution is -0.116. The first-order valence-corrected chi connectivity index (χ1v) is 10.1. The van der Waals surface area contributed by atoms with Crippen LogP contribution in [0.4, 0.5) is 17.1 Å². The third kappa shape index (κ3) is 5.40. The van der Waals surface area contributed by atoms with Crippen LogP contribution in [0.1, 0.15) is 12.0 Å². The highest BCUT2D eigenvalue weighted by Crippen LogP contribution is 2.30. The number of piperazine rings is 1. The number of anilines is 3. The number of likely N-dealkylation sites (N-methyl/N-ethyl adjacent to an activating group) is 1. The van der Waals surface area contributed by atoms with Gasteiger partial charge in [-0.1, -0.05) is 23.7 Å². The molecular weight excluding hydrogens is 372 g/mol. The first-order chi connectivity index (χ1) is 13.4. The summed E-state index contributed by atoms with van der Waals surface area (Å²) in [6.07, 6.45) is 1.15. The molecule has 0 radical (unpaired) electrons. The standard InChI is InChI=1S/C22H29ClN4O/c1-25(2)19-8-4-17(5-9-19)6-11-22(28)24-20-16-18(23)7-10-21(20)27-14-12-26(3)13-15-27/h4-5,7-10,16H,6,11-15H2,1-3H3,(H,24,28). The van der Waals surface area contributed by atoms with E-state index in [0.717, 1.165) is 48.8 Å². The molecule has 0 aliphatic carbocycles.